The summed E-state index contributed by atoms with van der Waals surface area (Å²) in [5.41, 5.74) is 2.86. The van der Waals surface area contributed by atoms with Gasteiger partial charge in [0.2, 0.25) is 0 Å². The summed E-state index contributed by atoms with van der Waals surface area (Å²) in [5.74, 6) is 2.96. The van der Waals surface area contributed by atoms with Crippen LogP contribution in [0.5, 0.6) is 28.7 Å². The van der Waals surface area contributed by atoms with E-state index in [1.807, 2.05) is 67.6 Å². The van der Waals surface area contributed by atoms with Crippen molar-refractivity contribution in [2.45, 2.75) is 6.92 Å². The second-order valence-electron chi connectivity index (χ2n) is 8.41. The molecule has 186 valence electrons. The maximum absolute atomic E-state index is 12.9. The van der Waals surface area contributed by atoms with Crippen LogP contribution in [0, 0.1) is 6.92 Å². The van der Waals surface area contributed by atoms with Gasteiger partial charge in [-0.15, -0.1) is 0 Å². The predicted molar refractivity (Wildman–Crippen MR) is 145 cm³/mol. The summed E-state index contributed by atoms with van der Waals surface area (Å²) in [5, 5.41) is 5.65. The van der Waals surface area contributed by atoms with Gasteiger partial charge in [-0.05, 0) is 65.7 Å². The Balaban J connectivity index is 1.46. The first-order valence-corrected chi connectivity index (χ1v) is 11.7. The number of nitrogens with one attached hydrogen (secondary N) is 1. The molecule has 0 bridgehead atoms. The number of hydrogen-bond donors (Lipinski definition) is 1. The molecule has 0 saturated carbocycles. The van der Waals surface area contributed by atoms with Crippen LogP contribution < -0.4 is 24.3 Å². The number of carbonyl (C=O) groups excluding carboxylic acids is 1. The highest BCUT2D eigenvalue weighted by Crippen LogP contribution is 2.38. The standard InChI is InChI=1S/C30H26N2O5/c1-18-21-11-9-20(30(33)32-23-7-5-6-8-27(23)34-2)15-19(21)10-12-25(18)37-26-13-14-31-24-17-29(36-4)28(35-3)16-22(24)26/h5-17H,1-4H3,(H,32,33). The van der Waals surface area contributed by atoms with Gasteiger partial charge < -0.3 is 24.3 Å². The number of anilines is 1. The van der Waals surface area contributed by atoms with Crippen LogP contribution in [-0.4, -0.2) is 32.2 Å². The summed E-state index contributed by atoms with van der Waals surface area (Å²) in [4.78, 5) is 17.4. The third-order valence-corrected chi connectivity index (χ3v) is 6.28. The fraction of sp³-hybridized carbons (Fsp3) is 0.133. The van der Waals surface area contributed by atoms with E-state index in [1.165, 1.54) is 0 Å². The minimum Gasteiger partial charge on any atom is -0.495 e. The van der Waals surface area contributed by atoms with E-state index in [0.717, 1.165) is 27.2 Å². The minimum absolute atomic E-state index is 0.211. The van der Waals surface area contributed by atoms with Gasteiger partial charge in [0.1, 0.15) is 17.2 Å². The molecule has 7 nitrogen and oxygen atoms in total. The van der Waals surface area contributed by atoms with Gasteiger partial charge in [0.15, 0.2) is 11.5 Å². The highest BCUT2D eigenvalue weighted by Gasteiger charge is 2.15. The molecule has 37 heavy (non-hydrogen) atoms. The Morgan fingerprint density at radius 3 is 2.27 bits per heavy atom. The number of amides is 1. The van der Waals surface area contributed by atoms with Crippen molar-refractivity contribution in [2.75, 3.05) is 26.6 Å². The van der Waals surface area contributed by atoms with Crippen LogP contribution in [0.25, 0.3) is 21.7 Å². The number of carbonyl (C=O) groups is 1. The lowest BCUT2D eigenvalue weighted by molar-refractivity contribution is 0.102. The van der Waals surface area contributed by atoms with Crippen molar-refractivity contribution in [3.05, 3.63) is 90.1 Å². The van der Waals surface area contributed by atoms with E-state index < -0.39 is 0 Å². The van der Waals surface area contributed by atoms with E-state index in [1.54, 1.807) is 39.7 Å². The molecule has 5 rings (SSSR count). The molecule has 1 amide bonds. The predicted octanol–water partition coefficient (Wildman–Crippen LogP) is 6.77. The zero-order valence-electron chi connectivity index (χ0n) is 21.0. The first-order chi connectivity index (χ1) is 18.0. The summed E-state index contributed by atoms with van der Waals surface area (Å²) in [6.45, 7) is 2.00. The van der Waals surface area contributed by atoms with E-state index in [9.17, 15) is 4.79 Å². The molecule has 7 heteroatoms. The topological polar surface area (TPSA) is 78.9 Å². The Hall–Kier alpha value is -4.78. The molecule has 0 unspecified atom stereocenters. The molecule has 1 N–H and O–H groups in total. The fourth-order valence-corrected chi connectivity index (χ4v) is 4.31. The van der Waals surface area contributed by atoms with E-state index in [0.29, 0.717) is 40.0 Å². The Bertz CT molecular complexity index is 1630. The average Bonchev–Trinajstić information content (AvgIpc) is 2.94. The summed E-state index contributed by atoms with van der Waals surface area (Å²) in [7, 11) is 4.76. The van der Waals surface area contributed by atoms with E-state index in [4.69, 9.17) is 18.9 Å². The molecule has 4 aromatic carbocycles. The van der Waals surface area contributed by atoms with Gasteiger partial charge in [0, 0.05) is 23.2 Å². The summed E-state index contributed by atoms with van der Waals surface area (Å²) in [6.07, 6.45) is 1.70. The molecule has 0 radical (unpaired) electrons. The van der Waals surface area contributed by atoms with E-state index >= 15 is 0 Å². The van der Waals surface area contributed by atoms with Crippen molar-refractivity contribution in [3.63, 3.8) is 0 Å². The molecule has 0 aliphatic heterocycles. The number of nitrogens with zero attached hydrogens (tertiary/aromatic N) is 1. The number of aromatic nitrogens is 1. The van der Waals surface area contributed by atoms with Crippen LogP contribution in [0.2, 0.25) is 0 Å². The van der Waals surface area contributed by atoms with Crippen LogP contribution >= 0.6 is 0 Å². The molecule has 0 spiro atoms. The molecular formula is C30H26N2O5. The maximum atomic E-state index is 12.9. The molecule has 0 saturated heterocycles. The summed E-state index contributed by atoms with van der Waals surface area (Å²) in [6, 6.07) is 22.3. The number of methoxy groups -OCH3 is 3. The number of hydrogen-bond acceptors (Lipinski definition) is 6. The molecule has 0 fully saturated rings. The number of ether oxygens (including phenoxy) is 4. The Kier molecular flexibility index (Phi) is 6.51. The Labute approximate surface area is 214 Å². The Morgan fingerprint density at radius 1 is 0.730 bits per heavy atom. The van der Waals surface area contributed by atoms with E-state index in [-0.39, 0.29) is 5.91 Å². The largest absolute Gasteiger partial charge is 0.495 e. The normalized spacial score (nSPS) is 10.8. The number of fused-ring (bicyclic) bond motifs is 2. The van der Waals surface area contributed by atoms with Gasteiger partial charge in [-0.2, -0.15) is 0 Å². The third-order valence-electron chi connectivity index (χ3n) is 6.28. The van der Waals surface area contributed by atoms with Crippen molar-refractivity contribution in [1.29, 1.82) is 0 Å². The summed E-state index contributed by atoms with van der Waals surface area (Å²) >= 11 is 0. The number of para-hydroxylation sites is 2. The molecule has 5 aromatic rings. The maximum Gasteiger partial charge on any atom is 0.255 e. The van der Waals surface area contributed by atoms with Gasteiger partial charge in [-0.3, -0.25) is 9.78 Å². The molecular weight excluding hydrogens is 468 g/mol. The molecule has 0 aliphatic rings. The second-order valence-corrected chi connectivity index (χ2v) is 8.41. The number of aryl methyl sites for hydroxylation is 1. The first kappa shape index (κ1) is 23.9. The summed E-state index contributed by atoms with van der Waals surface area (Å²) < 4.78 is 22.6. The van der Waals surface area contributed by atoms with Gasteiger partial charge in [-0.25, -0.2) is 0 Å². The van der Waals surface area contributed by atoms with Gasteiger partial charge in [0.05, 0.1) is 32.5 Å². The van der Waals surface area contributed by atoms with Crippen molar-refractivity contribution in [3.8, 4) is 28.7 Å². The monoisotopic (exact) mass is 494 g/mol. The van der Waals surface area contributed by atoms with Crippen molar-refractivity contribution in [1.82, 2.24) is 4.98 Å². The lowest BCUT2D eigenvalue weighted by Gasteiger charge is -2.15. The fourth-order valence-electron chi connectivity index (χ4n) is 4.31. The van der Waals surface area contributed by atoms with Gasteiger partial charge in [0.25, 0.3) is 5.91 Å². The third kappa shape index (κ3) is 4.59. The number of benzene rings is 4. The molecule has 1 aromatic heterocycles. The Morgan fingerprint density at radius 2 is 1.49 bits per heavy atom. The number of rotatable bonds is 7. The van der Waals surface area contributed by atoms with E-state index in [2.05, 4.69) is 10.3 Å². The molecule has 1 heterocycles. The lowest BCUT2D eigenvalue weighted by Crippen LogP contribution is -2.12. The quantitative estimate of drug-likeness (QED) is 0.269. The highest BCUT2D eigenvalue weighted by molar-refractivity contribution is 6.07. The minimum atomic E-state index is -0.211. The van der Waals surface area contributed by atoms with Crippen molar-refractivity contribution < 1.29 is 23.7 Å². The molecule has 0 aliphatic carbocycles. The number of pyridine rings is 1. The van der Waals surface area contributed by atoms with Crippen LogP contribution in [0.1, 0.15) is 15.9 Å². The highest BCUT2D eigenvalue weighted by atomic mass is 16.5. The van der Waals surface area contributed by atoms with Crippen LogP contribution in [-0.2, 0) is 0 Å². The van der Waals surface area contributed by atoms with Crippen molar-refractivity contribution in [2.24, 2.45) is 0 Å². The molecule has 0 atom stereocenters. The van der Waals surface area contributed by atoms with Gasteiger partial charge in [-0.1, -0.05) is 24.3 Å². The average molecular weight is 495 g/mol. The zero-order chi connectivity index (χ0) is 25.9. The second kappa shape index (κ2) is 10.1. The van der Waals surface area contributed by atoms with Crippen LogP contribution in [0.4, 0.5) is 5.69 Å². The first-order valence-electron chi connectivity index (χ1n) is 11.7. The van der Waals surface area contributed by atoms with Crippen LogP contribution in [0.3, 0.4) is 0 Å². The lowest BCUT2D eigenvalue weighted by atomic mass is 10.0. The van der Waals surface area contributed by atoms with Crippen molar-refractivity contribution >= 4 is 33.3 Å². The van der Waals surface area contributed by atoms with Gasteiger partial charge >= 0.3 is 0 Å². The zero-order valence-corrected chi connectivity index (χ0v) is 21.0. The smallest absolute Gasteiger partial charge is 0.255 e. The SMILES string of the molecule is COc1ccccc1NC(=O)c1ccc2c(C)c(Oc3ccnc4cc(OC)c(OC)cc34)ccc2c1. The van der Waals surface area contributed by atoms with Crippen LogP contribution in [0.15, 0.2) is 79.0 Å².